The SMILES string of the molecule is COc1ccccc1Oc1ccc(CNC2=NCCCN2)cc1.I. The molecule has 0 radical (unpaired) electrons. The van der Waals surface area contributed by atoms with Gasteiger partial charge in [0, 0.05) is 19.6 Å². The lowest BCUT2D eigenvalue weighted by Gasteiger charge is -2.16. The van der Waals surface area contributed by atoms with Gasteiger partial charge in [0.2, 0.25) is 0 Å². The maximum Gasteiger partial charge on any atom is 0.191 e. The minimum Gasteiger partial charge on any atom is -0.493 e. The molecule has 0 saturated heterocycles. The monoisotopic (exact) mass is 439 g/mol. The summed E-state index contributed by atoms with van der Waals surface area (Å²) in [5, 5.41) is 6.55. The van der Waals surface area contributed by atoms with Gasteiger partial charge in [0.1, 0.15) is 5.75 Å². The molecule has 0 fully saturated rings. The molecule has 1 aliphatic rings. The number of hydrogen-bond acceptors (Lipinski definition) is 5. The van der Waals surface area contributed by atoms with Gasteiger partial charge in [-0.25, -0.2) is 0 Å². The van der Waals surface area contributed by atoms with E-state index >= 15 is 0 Å². The first-order valence-corrected chi connectivity index (χ1v) is 7.77. The molecule has 0 unspecified atom stereocenters. The summed E-state index contributed by atoms with van der Waals surface area (Å²) in [4.78, 5) is 4.39. The topological polar surface area (TPSA) is 54.9 Å². The molecule has 0 saturated carbocycles. The molecule has 6 heteroatoms. The molecule has 1 heterocycles. The maximum absolute atomic E-state index is 5.87. The highest BCUT2D eigenvalue weighted by atomic mass is 127. The number of halogens is 1. The summed E-state index contributed by atoms with van der Waals surface area (Å²) in [6.07, 6.45) is 1.10. The van der Waals surface area contributed by atoms with Crippen LogP contribution in [0.25, 0.3) is 0 Å². The molecule has 0 spiro atoms. The second kappa shape index (κ2) is 9.36. The van der Waals surface area contributed by atoms with Crippen molar-refractivity contribution in [2.45, 2.75) is 13.0 Å². The lowest BCUT2D eigenvalue weighted by Crippen LogP contribution is -2.40. The molecule has 0 aliphatic carbocycles. The van der Waals surface area contributed by atoms with Crippen LogP contribution in [0.15, 0.2) is 53.5 Å². The van der Waals surface area contributed by atoms with Gasteiger partial charge in [-0.15, -0.1) is 24.0 Å². The summed E-state index contributed by atoms with van der Waals surface area (Å²) < 4.78 is 11.2. The Morgan fingerprint density at radius 1 is 1.08 bits per heavy atom. The highest BCUT2D eigenvalue weighted by Crippen LogP contribution is 2.30. The van der Waals surface area contributed by atoms with E-state index in [1.807, 2.05) is 48.5 Å². The van der Waals surface area contributed by atoms with Crippen LogP contribution in [0.2, 0.25) is 0 Å². The van der Waals surface area contributed by atoms with E-state index in [-0.39, 0.29) is 24.0 Å². The van der Waals surface area contributed by atoms with Gasteiger partial charge >= 0.3 is 0 Å². The molecule has 2 aromatic rings. The molecular weight excluding hydrogens is 417 g/mol. The molecule has 1 aliphatic heterocycles. The summed E-state index contributed by atoms with van der Waals surface area (Å²) in [6, 6.07) is 15.6. The Morgan fingerprint density at radius 2 is 1.83 bits per heavy atom. The van der Waals surface area contributed by atoms with Crippen molar-refractivity contribution in [2.75, 3.05) is 20.2 Å². The molecule has 2 aromatic carbocycles. The summed E-state index contributed by atoms with van der Waals surface area (Å²) in [7, 11) is 1.64. The Kier molecular flexibility index (Phi) is 7.17. The van der Waals surface area contributed by atoms with Crippen LogP contribution in [0.3, 0.4) is 0 Å². The molecule has 3 rings (SSSR count). The van der Waals surface area contributed by atoms with Crippen LogP contribution in [0.5, 0.6) is 17.2 Å². The zero-order valence-corrected chi connectivity index (χ0v) is 15.9. The molecule has 0 amide bonds. The molecule has 0 atom stereocenters. The zero-order valence-electron chi connectivity index (χ0n) is 13.6. The standard InChI is InChI=1S/C18H21N3O2.HI/c1-22-16-5-2-3-6-17(16)23-15-9-7-14(8-10-15)13-21-18-19-11-4-12-20-18;/h2-3,5-10H,4,11-13H2,1H3,(H2,19,20,21);1H. The van der Waals surface area contributed by atoms with Gasteiger partial charge in [0.15, 0.2) is 17.5 Å². The van der Waals surface area contributed by atoms with Gasteiger partial charge in [0.25, 0.3) is 0 Å². The van der Waals surface area contributed by atoms with E-state index in [0.29, 0.717) is 5.75 Å². The van der Waals surface area contributed by atoms with Gasteiger partial charge in [-0.3, -0.25) is 4.99 Å². The molecule has 128 valence electrons. The normalized spacial score (nSPS) is 13.1. The van der Waals surface area contributed by atoms with Crippen molar-refractivity contribution in [1.82, 2.24) is 10.6 Å². The molecular formula is C18H22IN3O2. The van der Waals surface area contributed by atoms with Crippen molar-refractivity contribution in [3.8, 4) is 17.2 Å². The van der Waals surface area contributed by atoms with Gasteiger partial charge in [-0.05, 0) is 36.2 Å². The first kappa shape index (κ1) is 18.4. The number of aliphatic imine (C=N–C) groups is 1. The molecule has 0 bridgehead atoms. The van der Waals surface area contributed by atoms with Gasteiger partial charge < -0.3 is 20.1 Å². The molecule has 0 aromatic heterocycles. The van der Waals surface area contributed by atoms with Gasteiger partial charge in [-0.1, -0.05) is 24.3 Å². The van der Waals surface area contributed by atoms with Gasteiger partial charge in [-0.2, -0.15) is 0 Å². The summed E-state index contributed by atoms with van der Waals surface area (Å²) in [5.74, 6) is 3.10. The third kappa shape index (κ3) is 5.02. The van der Waals surface area contributed by atoms with Crippen molar-refractivity contribution >= 4 is 29.9 Å². The number of benzene rings is 2. The Hall–Kier alpha value is -1.96. The van der Waals surface area contributed by atoms with Crippen LogP contribution in [0.1, 0.15) is 12.0 Å². The van der Waals surface area contributed by atoms with Crippen LogP contribution >= 0.6 is 24.0 Å². The van der Waals surface area contributed by atoms with Crippen molar-refractivity contribution in [3.05, 3.63) is 54.1 Å². The highest BCUT2D eigenvalue weighted by Gasteiger charge is 2.05. The molecule has 24 heavy (non-hydrogen) atoms. The van der Waals surface area contributed by atoms with Crippen LogP contribution in [0.4, 0.5) is 0 Å². The first-order chi connectivity index (χ1) is 11.3. The second-order valence-electron chi connectivity index (χ2n) is 5.26. The van der Waals surface area contributed by atoms with E-state index in [9.17, 15) is 0 Å². The average Bonchev–Trinajstić information content (AvgIpc) is 2.62. The minimum absolute atomic E-state index is 0. The van der Waals surface area contributed by atoms with Crippen LogP contribution in [-0.2, 0) is 6.54 Å². The van der Waals surface area contributed by atoms with Crippen LogP contribution in [0, 0.1) is 0 Å². The van der Waals surface area contributed by atoms with Crippen molar-refractivity contribution in [1.29, 1.82) is 0 Å². The summed E-state index contributed by atoms with van der Waals surface area (Å²) in [6.45, 7) is 2.61. The van der Waals surface area contributed by atoms with Crippen molar-refractivity contribution in [3.63, 3.8) is 0 Å². The number of guanidine groups is 1. The lowest BCUT2D eigenvalue weighted by molar-refractivity contribution is 0.379. The fourth-order valence-electron chi connectivity index (χ4n) is 2.34. The quantitative estimate of drug-likeness (QED) is 0.700. The fourth-order valence-corrected chi connectivity index (χ4v) is 2.34. The number of methoxy groups -OCH3 is 1. The third-order valence-corrected chi connectivity index (χ3v) is 3.58. The maximum atomic E-state index is 5.87. The Labute approximate surface area is 159 Å². The number of rotatable bonds is 5. The Balaban J connectivity index is 0.00000208. The largest absolute Gasteiger partial charge is 0.493 e. The molecule has 2 N–H and O–H groups in total. The van der Waals surface area contributed by atoms with Crippen molar-refractivity contribution < 1.29 is 9.47 Å². The highest BCUT2D eigenvalue weighted by molar-refractivity contribution is 14.0. The Bertz CT molecular complexity index is 674. The predicted octanol–water partition coefficient (Wildman–Crippen LogP) is 3.54. The predicted molar refractivity (Wildman–Crippen MR) is 107 cm³/mol. The van der Waals surface area contributed by atoms with E-state index in [4.69, 9.17) is 9.47 Å². The number of hydrogen-bond donors (Lipinski definition) is 2. The molecule has 5 nitrogen and oxygen atoms in total. The second-order valence-corrected chi connectivity index (χ2v) is 5.26. The summed E-state index contributed by atoms with van der Waals surface area (Å²) >= 11 is 0. The number of ether oxygens (including phenoxy) is 2. The van der Waals surface area contributed by atoms with E-state index in [1.165, 1.54) is 5.56 Å². The number of para-hydroxylation sites is 2. The van der Waals surface area contributed by atoms with Gasteiger partial charge in [0.05, 0.1) is 7.11 Å². The first-order valence-electron chi connectivity index (χ1n) is 7.77. The van der Waals surface area contributed by atoms with E-state index in [0.717, 1.165) is 43.5 Å². The lowest BCUT2D eigenvalue weighted by atomic mass is 10.2. The fraction of sp³-hybridized carbons (Fsp3) is 0.278. The van der Waals surface area contributed by atoms with Crippen molar-refractivity contribution in [2.24, 2.45) is 4.99 Å². The zero-order chi connectivity index (χ0) is 15.9. The Morgan fingerprint density at radius 3 is 2.50 bits per heavy atom. The van der Waals surface area contributed by atoms with E-state index in [1.54, 1.807) is 7.11 Å². The van der Waals surface area contributed by atoms with Crippen LogP contribution < -0.4 is 20.1 Å². The van der Waals surface area contributed by atoms with Crippen LogP contribution in [-0.4, -0.2) is 26.2 Å². The van der Waals surface area contributed by atoms with E-state index < -0.39 is 0 Å². The number of nitrogens with one attached hydrogen (secondary N) is 2. The third-order valence-electron chi connectivity index (χ3n) is 3.58. The smallest absolute Gasteiger partial charge is 0.191 e. The minimum atomic E-state index is 0. The average molecular weight is 439 g/mol. The summed E-state index contributed by atoms with van der Waals surface area (Å²) in [5.41, 5.74) is 1.17. The van der Waals surface area contributed by atoms with E-state index in [2.05, 4.69) is 15.6 Å². The number of nitrogens with zero attached hydrogens (tertiary/aromatic N) is 1.